The summed E-state index contributed by atoms with van der Waals surface area (Å²) in [6.45, 7) is 3.68. The molecule has 1 heterocycles. The first-order valence-electron chi connectivity index (χ1n) is 9.90. The molecule has 0 aliphatic rings. The van der Waals surface area contributed by atoms with Gasteiger partial charge in [-0.15, -0.1) is 10.2 Å². The van der Waals surface area contributed by atoms with E-state index in [-0.39, 0.29) is 11.8 Å². The number of amides is 3. The number of hydrogen-bond donors (Lipinski definition) is 3. The molecular weight excluding hydrogens is 430 g/mol. The van der Waals surface area contributed by atoms with Crippen LogP contribution in [-0.2, 0) is 4.79 Å². The summed E-state index contributed by atoms with van der Waals surface area (Å²) >= 11 is 1.26. The van der Waals surface area contributed by atoms with Crippen molar-refractivity contribution in [3.8, 4) is 22.1 Å². The highest BCUT2D eigenvalue weighted by molar-refractivity contribution is 7.18. The van der Waals surface area contributed by atoms with Crippen molar-refractivity contribution in [2.75, 3.05) is 24.9 Å². The van der Waals surface area contributed by atoms with Crippen molar-refractivity contribution in [1.82, 2.24) is 15.5 Å². The van der Waals surface area contributed by atoms with Crippen molar-refractivity contribution in [2.45, 2.75) is 19.9 Å². The molecule has 10 heteroatoms. The number of methoxy groups -OCH3 is 2. The maximum atomic E-state index is 12.8. The minimum absolute atomic E-state index is 0.167. The maximum absolute atomic E-state index is 12.8. The molecule has 0 bridgehead atoms. The second kappa shape index (κ2) is 10.6. The zero-order valence-electron chi connectivity index (χ0n) is 18.2. The Morgan fingerprint density at radius 3 is 2.38 bits per heavy atom. The molecule has 3 aromatic rings. The molecule has 3 amide bonds. The summed E-state index contributed by atoms with van der Waals surface area (Å²) in [5, 5.41) is 17.4. The van der Waals surface area contributed by atoms with Gasteiger partial charge in [0.2, 0.25) is 11.0 Å². The van der Waals surface area contributed by atoms with E-state index < -0.39 is 12.1 Å². The van der Waals surface area contributed by atoms with E-state index in [2.05, 4.69) is 26.1 Å². The minimum atomic E-state index is -0.789. The van der Waals surface area contributed by atoms with Crippen LogP contribution in [0.2, 0.25) is 0 Å². The molecule has 0 aliphatic carbocycles. The van der Waals surface area contributed by atoms with Crippen LogP contribution >= 0.6 is 11.3 Å². The van der Waals surface area contributed by atoms with Gasteiger partial charge in [-0.25, -0.2) is 4.79 Å². The number of nitrogens with zero attached hydrogens (tertiary/aromatic N) is 2. The number of nitrogens with one attached hydrogen (secondary N) is 3. The van der Waals surface area contributed by atoms with E-state index in [1.54, 1.807) is 25.3 Å². The molecule has 0 saturated heterocycles. The van der Waals surface area contributed by atoms with E-state index >= 15 is 0 Å². The van der Waals surface area contributed by atoms with Gasteiger partial charge < -0.3 is 20.1 Å². The maximum Gasteiger partial charge on any atom is 0.320 e. The topological polar surface area (TPSA) is 114 Å². The summed E-state index contributed by atoms with van der Waals surface area (Å²) in [5.41, 5.74) is 1.36. The van der Waals surface area contributed by atoms with Crippen molar-refractivity contribution in [2.24, 2.45) is 5.92 Å². The van der Waals surface area contributed by atoms with Crippen LogP contribution in [0.3, 0.4) is 0 Å². The van der Waals surface area contributed by atoms with Gasteiger partial charge in [0.05, 0.1) is 19.9 Å². The van der Waals surface area contributed by atoms with Gasteiger partial charge in [-0.05, 0) is 18.1 Å². The van der Waals surface area contributed by atoms with E-state index in [1.807, 2.05) is 44.2 Å². The predicted molar refractivity (Wildman–Crippen MR) is 124 cm³/mol. The summed E-state index contributed by atoms with van der Waals surface area (Å²) < 4.78 is 10.5. The Kier molecular flexibility index (Phi) is 7.61. The fourth-order valence-corrected chi connectivity index (χ4v) is 3.64. The van der Waals surface area contributed by atoms with Crippen molar-refractivity contribution in [3.05, 3.63) is 48.5 Å². The molecule has 0 aliphatic heterocycles. The molecule has 9 nitrogen and oxygen atoms in total. The molecule has 0 spiro atoms. The largest absolute Gasteiger partial charge is 0.497 e. The van der Waals surface area contributed by atoms with Crippen LogP contribution in [0, 0.1) is 5.92 Å². The SMILES string of the molecule is COc1ccc(NC(=O)NC(C(=O)Nc2nnc(-c3ccccc3)s2)C(C)C)c(OC)c1. The average molecular weight is 456 g/mol. The van der Waals surface area contributed by atoms with Gasteiger partial charge in [0.1, 0.15) is 22.5 Å². The molecule has 3 rings (SSSR count). The normalized spacial score (nSPS) is 11.5. The summed E-state index contributed by atoms with van der Waals surface area (Å²) in [4.78, 5) is 25.4. The highest BCUT2D eigenvalue weighted by Crippen LogP contribution is 2.29. The van der Waals surface area contributed by atoms with Gasteiger partial charge in [-0.2, -0.15) is 0 Å². The van der Waals surface area contributed by atoms with Gasteiger partial charge in [0.15, 0.2) is 0 Å². The lowest BCUT2D eigenvalue weighted by molar-refractivity contribution is -0.118. The van der Waals surface area contributed by atoms with Gasteiger partial charge in [-0.3, -0.25) is 10.1 Å². The number of rotatable bonds is 8. The number of anilines is 2. The Labute approximate surface area is 190 Å². The Morgan fingerprint density at radius 2 is 1.72 bits per heavy atom. The highest BCUT2D eigenvalue weighted by Gasteiger charge is 2.26. The first-order valence-corrected chi connectivity index (χ1v) is 10.7. The van der Waals surface area contributed by atoms with E-state index in [0.717, 1.165) is 5.56 Å². The predicted octanol–water partition coefficient (Wildman–Crippen LogP) is 4.01. The number of carbonyl (C=O) groups is 2. The van der Waals surface area contributed by atoms with E-state index in [4.69, 9.17) is 9.47 Å². The summed E-state index contributed by atoms with van der Waals surface area (Å²) in [6.07, 6.45) is 0. The lowest BCUT2D eigenvalue weighted by Crippen LogP contribution is -2.48. The number of aromatic nitrogens is 2. The second-order valence-electron chi connectivity index (χ2n) is 7.15. The van der Waals surface area contributed by atoms with Gasteiger partial charge in [-0.1, -0.05) is 55.5 Å². The van der Waals surface area contributed by atoms with Crippen LogP contribution in [0.25, 0.3) is 10.6 Å². The molecule has 1 unspecified atom stereocenters. The standard InChI is InChI=1S/C22H25N5O4S/c1-13(2)18(24-21(29)23-16-11-10-15(30-3)12-17(16)31-4)19(28)25-22-27-26-20(32-22)14-8-6-5-7-9-14/h5-13,18H,1-4H3,(H2,23,24,29)(H,25,27,28). The smallest absolute Gasteiger partial charge is 0.320 e. The van der Waals surface area contributed by atoms with Crippen LogP contribution in [-0.4, -0.2) is 42.4 Å². The number of ether oxygens (including phenoxy) is 2. The molecule has 1 aromatic heterocycles. The highest BCUT2D eigenvalue weighted by atomic mass is 32.1. The van der Waals surface area contributed by atoms with Crippen LogP contribution in [0.4, 0.5) is 15.6 Å². The lowest BCUT2D eigenvalue weighted by Gasteiger charge is -2.21. The zero-order valence-corrected chi connectivity index (χ0v) is 19.0. The average Bonchev–Trinajstić information content (AvgIpc) is 3.26. The number of carbonyl (C=O) groups excluding carboxylic acids is 2. The molecule has 168 valence electrons. The molecule has 0 saturated carbocycles. The van der Waals surface area contributed by atoms with Crippen LogP contribution in [0.15, 0.2) is 48.5 Å². The van der Waals surface area contributed by atoms with Crippen molar-refractivity contribution in [1.29, 1.82) is 0 Å². The molecule has 0 fully saturated rings. The Balaban J connectivity index is 1.66. The second-order valence-corrected chi connectivity index (χ2v) is 8.13. The number of hydrogen-bond acceptors (Lipinski definition) is 7. The van der Waals surface area contributed by atoms with Crippen LogP contribution < -0.4 is 25.4 Å². The fourth-order valence-electron chi connectivity index (χ4n) is 2.89. The van der Waals surface area contributed by atoms with Gasteiger partial charge >= 0.3 is 6.03 Å². The lowest BCUT2D eigenvalue weighted by atomic mass is 10.0. The summed E-state index contributed by atoms with van der Waals surface area (Å²) in [7, 11) is 3.04. The molecule has 2 aromatic carbocycles. The van der Waals surface area contributed by atoms with E-state index in [9.17, 15) is 9.59 Å². The third-order valence-corrected chi connectivity index (χ3v) is 5.46. The first-order chi connectivity index (χ1) is 15.4. The first kappa shape index (κ1) is 23.0. The zero-order chi connectivity index (χ0) is 23.1. The Morgan fingerprint density at radius 1 is 0.969 bits per heavy atom. The number of benzene rings is 2. The quantitative estimate of drug-likeness (QED) is 0.473. The fraction of sp³-hybridized carbons (Fsp3) is 0.273. The molecule has 3 N–H and O–H groups in total. The van der Waals surface area contributed by atoms with Crippen molar-refractivity contribution in [3.63, 3.8) is 0 Å². The third-order valence-electron chi connectivity index (χ3n) is 4.57. The summed E-state index contributed by atoms with van der Waals surface area (Å²) in [6, 6.07) is 13.3. The minimum Gasteiger partial charge on any atom is -0.497 e. The van der Waals surface area contributed by atoms with E-state index in [1.165, 1.54) is 18.4 Å². The van der Waals surface area contributed by atoms with Crippen molar-refractivity contribution >= 4 is 34.1 Å². The van der Waals surface area contributed by atoms with Gasteiger partial charge in [0.25, 0.3) is 0 Å². The Hall–Kier alpha value is -3.66. The molecule has 32 heavy (non-hydrogen) atoms. The van der Waals surface area contributed by atoms with Crippen LogP contribution in [0.5, 0.6) is 11.5 Å². The Bertz CT molecular complexity index is 1070. The third kappa shape index (κ3) is 5.73. The number of urea groups is 1. The molecule has 0 radical (unpaired) electrons. The molecular formula is C22H25N5O4S. The van der Waals surface area contributed by atoms with Gasteiger partial charge in [0, 0.05) is 11.6 Å². The van der Waals surface area contributed by atoms with Crippen molar-refractivity contribution < 1.29 is 19.1 Å². The monoisotopic (exact) mass is 455 g/mol. The van der Waals surface area contributed by atoms with E-state index in [0.29, 0.717) is 27.3 Å². The molecule has 1 atom stereocenters. The summed E-state index contributed by atoms with van der Waals surface area (Å²) in [5.74, 6) is 0.485. The van der Waals surface area contributed by atoms with Crippen LogP contribution in [0.1, 0.15) is 13.8 Å².